The SMILES string of the molecule is S=c1[nH]nc(COc2ccc(Br)cc2Cl)n1C[C@H]1CCCO1. The Kier molecular flexibility index (Phi) is 5.18. The van der Waals surface area contributed by atoms with E-state index in [1.54, 1.807) is 6.07 Å². The van der Waals surface area contributed by atoms with E-state index >= 15 is 0 Å². The van der Waals surface area contributed by atoms with Crippen LogP contribution >= 0.6 is 39.7 Å². The highest BCUT2D eigenvalue weighted by atomic mass is 79.9. The molecule has 8 heteroatoms. The molecule has 0 amide bonds. The zero-order valence-electron chi connectivity index (χ0n) is 11.7. The maximum absolute atomic E-state index is 6.15. The zero-order valence-corrected chi connectivity index (χ0v) is 14.9. The van der Waals surface area contributed by atoms with Crippen LogP contribution in [-0.2, 0) is 17.9 Å². The number of halogens is 2. The first-order valence-corrected chi connectivity index (χ1v) is 8.55. The number of nitrogens with one attached hydrogen (secondary N) is 1. The van der Waals surface area contributed by atoms with E-state index in [0.29, 0.717) is 28.7 Å². The average Bonchev–Trinajstić information content (AvgIpc) is 3.11. The van der Waals surface area contributed by atoms with Crippen LogP contribution in [0.4, 0.5) is 0 Å². The Morgan fingerprint density at radius 1 is 1.55 bits per heavy atom. The van der Waals surface area contributed by atoms with Crippen LogP contribution < -0.4 is 4.74 Å². The molecule has 3 rings (SSSR count). The molecule has 0 saturated carbocycles. The van der Waals surface area contributed by atoms with Crippen LogP contribution in [0.1, 0.15) is 18.7 Å². The molecule has 0 aliphatic carbocycles. The van der Waals surface area contributed by atoms with E-state index in [1.807, 2.05) is 16.7 Å². The fourth-order valence-electron chi connectivity index (χ4n) is 2.38. The predicted octanol–water partition coefficient (Wildman–Crippen LogP) is 4.11. The van der Waals surface area contributed by atoms with Crippen LogP contribution in [0.2, 0.25) is 5.02 Å². The maximum atomic E-state index is 6.15. The molecule has 0 spiro atoms. The van der Waals surface area contributed by atoms with Crippen molar-refractivity contribution in [3.63, 3.8) is 0 Å². The topological polar surface area (TPSA) is 52.1 Å². The third kappa shape index (κ3) is 3.71. The summed E-state index contributed by atoms with van der Waals surface area (Å²) in [5, 5.41) is 7.59. The van der Waals surface area contributed by atoms with E-state index in [4.69, 9.17) is 33.3 Å². The summed E-state index contributed by atoms with van der Waals surface area (Å²) in [6.07, 6.45) is 2.33. The fourth-order valence-corrected chi connectivity index (χ4v) is 3.33. The van der Waals surface area contributed by atoms with E-state index in [0.717, 1.165) is 29.7 Å². The minimum absolute atomic E-state index is 0.194. The van der Waals surface area contributed by atoms with Crippen LogP contribution in [0.3, 0.4) is 0 Å². The quantitative estimate of drug-likeness (QED) is 0.762. The molecule has 1 fully saturated rings. The number of nitrogens with zero attached hydrogens (tertiary/aromatic N) is 2. The molecule has 1 N–H and O–H groups in total. The number of aromatic nitrogens is 3. The number of hydrogen-bond acceptors (Lipinski definition) is 4. The first-order valence-electron chi connectivity index (χ1n) is 6.97. The molecule has 1 aromatic carbocycles. The minimum atomic E-state index is 0.194. The third-order valence-electron chi connectivity index (χ3n) is 3.50. The summed E-state index contributed by atoms with van der Waals surface area (Å²) in [4.78, 5) is 0. The van der Waals surface area contributed by atoms with Crippen molar-refractivity contribution >= 4 is 39.7 Å². The van der Waals surface area contributed by atoms with Gasteiger partial charge in [0.15, 0.2) is 10.6 Å². The number of benzene rings is 1. The van der Waals surface area contributed by atoms with Gasteiger partial charge in [-0.05, 0) is 43.3 Å². The van der Waals surface area contributed by atoms with E-state index in [1.165, 1.54) is 0 Å². The Balaban J connectivity index is 1.71. The second-order valence-electron chi connectivity index (χ2n) is 5.05. The Hall–Kier alpha value is -0.890. The average molecular weight is 405 g/mol. The highest BCUT2D eigenvalue weighted by Gasteiger charge is 2.19. The summed E-state index contributed by atoms with van der Waals surface area (Å²) in [6.45, 7) is 1.81. The smallest absolute Gasteiger partial charge is 0.195 e. The summed E-state index contributed by atoms with van der Waals surface area (Å²) >= 11 is 14.8. The summed E-state index contributed by atoms with van der Waals surface area (Å²) in [5.74, 6) is 1.35. The van der Waals surface area contributed by atoms with Gasteiger partial charge in [-0.25, -0.2) is 0 Å². The molecule has 1 atom stereocenters. The molecule has 2 heterocycles. The number of hydrogen-bond donors (Lipinski definition) is 1. The van der Waals surface area contributed by atoms with Crippen LogP contribution in [0.5, 0.6) is 5.75 Å². The van der Waals surface area contributed by atoms with E-state index in [-0.39, 0.29) is 6.10 Å². The van der Waals surface area contributed by atoms with Gasteiger partial charge in [0, 0.05) is 11.1 Å². The van der Waals surface area contributed by atoms with Crippen molar-refractivity contribution < 1.29 is 9.47 Å². The van der Waals surface area contributed by atoms with Crippen LogP contribution in [0.25, 0.3) is 0 Å². The standard InChI is InChI=1S/C14H15BrClN3O2S/c15-9-3-4-12(11(16)6-9)21-8-13-17-18-14(22)19(13)7-10-2-1-5-20-10/h3-4,6,10H,1-2,5,7-8H2,(H,18,22)/t10-/m1/s1. The molecule has 118 valence electrons. The number of aromatic amines is 1. The second kappa shape index (κ2) is 7.12. The molecular formula is C14H15BrClN3O2S. The molecule has 1 aliphatic heterocycles. The number of ether oxygens (including phenoxy) is 2. The minimum Gasteiger partial charge on any atom is -0.484 e. The van der Waals surface area contributed by atoms with Gasteiger partial charge >= 0.3 is 0 Å². The summed E-state index contributed by atoms with van der Waals surface area (Å²) in [5.41, 5.74) is 0. The highest BCUT2D eigenvalue weighted by Crippen LogP contribution is 2.28. The lowest BCUT2D eigenvalue weighted by molar-refractivity contribution is 0.0949. The summed E-state index contributed by atoms with van der Waals surface area (Å²) in [6, 6.07) is 5.49. The van der Waals surface area contributed by atoms with E-state index in [9.17, 15) is 0 Å². The van der Waals surface area contributed by atoms with Gasteiger partial charge in [-0.3, -0.25) is 9.67 Å². The zero-order chi connectivity index (χ0) is 15.5. The number of H-pyrrole nitrogens is 1. The van der Waals surface area contributed by atoms with E-state index in [2.05, 4.69) is 26.1 Å². The molecule has 1 aliphatic rings. The maximum Gasteiger partial charge on any atom is 0.195 e. The van der Waals surface area contributed by atoms with Gasteiger partial charge in [0.2, 0.25) is 0 Å². The lowest BCUT2D eigenvalue weighted by atomic mass is 10.2. The van der Waals surface area contributed by atoms with Gasteiger partial charge in [0.1, 0.15) is 12.4 Å². The molecule has 0 unspecified atom stereocenters. The molecule has 0 bridgehead atoms. The largest absolute Gasteiger partial charge is 0.484 e. The van der Waals surface area contributed by atoms with Gasteiger partial charge in [0.05, 0.1) is 17.7 Å². The van der Waals surface area contributed by atoms with Gasteiger partial charge in [-0.1, -0.05) is 27.5 Å². The van der Waals surface area contributed by atoms with Crippen molar-refractivity contribution in [3.05, 3.63) is 38.3 Å². The lowest BCUT2D eigenvalue weighted by Gasteiger charge is -2.13. The van der Waals surface area contributed by atoms with Gasteiger partial charge < -0.3 is 9.47 Å². The molecule has 22 heavy (non-hydrogen) atoms. The van der Waals surface area contributed by atoms with Gasteiger partial charge in [0.25, 0.3) is 0 Å². The van der Waals surface area contributed by atoms with Crippen LogP contribution in [0.15, 0.2) is 22.7 Å². The first-order chi connectivity index (χ1) is 10.6. The van der Waals surface area contributed by atoms with Gasteiger partial charge in [-0.15, -0.1) is 0 Å². The molecule has 2 aromatic rings. The normalized spacial score (nSPS) is 17.8. The monoisotopic (exact) mass is 403 g/mol. The molecule has 1 aromatic heterocycles. The molecule has 1 saturated heterocycles. The Morgan fingerprint density at radius 3 is 3.14 bits per heavy atom. The Labute approximate surface area is 146 Å². The van der Waals surface area contributed by atoms with Crippen molar-refractivity contribution in [2.75, 3.05) is 6.61 Å². The Bertz CT molecular complexity index is 712. The fraction of sp³-hybridized carbons (Fsp3) is 0.429. The highest BCUT2D eigenvalue weighted by molar-refractivity contribution is 9.10. The molecule has 0 radical (unpaired) electrons. The number of rotatable bonds is 5. The van der Waals surface area contributed by atoms with Crippen molar-refractivity contribution in [1.29, 1.82) is 0 Å². The lowest BCUT2D eigenvalue weighted by Crippen LogP contribution is -2.18. The molecular weight excluding hydrogens is 390 g/mol. The van der Waals surface area contributed by atoms with Crippen molar-refractivity contribution in [2.24, 2.45) is 0 Å². The van der Waals surface area contributed by atoms with Crippen molar-refractivity contribution in [2.45, 2.75) is 32.1 Å². The summed E-state index contributed by atoms with van der Waals surface area (Å²) in [7, 11) is 0. The third-order valence-corrected chi connectivity index (χ3v) is 4.60. The van der Waals surface area contributed by atoms with E-state index < -0.39 is 0 Å². The predicted molar refractivity (Wildman–Crippen MR) is 89.9 cm³/mol. The molecule has 5 nitrogen and oxygen atoms in total. The Morgan fingerprint density at radius 2 is 2.41 bits per heavy atom. The van der Waals surface area contributed by atoms with Crippen LogP contribution in [-0.4, -0.2) is 27.5 Å². The van der Waals surface area contributed by atoms with Crippen molar-refractivity contribution in [1.82, 2.24) is 14.8 Å². The first kappa shape index (κ1) is 16.0. The van der Waals surface area contributed by atoms with Gasteiger partial charge in [-0.2, -0.15) is 5.10 Å². The van der Waals surface area contributed by atoms with Crippen LogP contribution in [0, 0.1) is 4.77 Å². The van der Waals surface area contributed by atoms with Crippen molar-refractivity contribution in [3.8, 4) is 5.75 Å². The summed E-state index contributed by atoms with van der Waals surface area (Å²) < 4.78 is 14.8. The second-order valence-corrected chi connectivity index (χ2v) is 6.76.